The number of fused-ring (bicyclic) bond motifs is 1. The second-order valence-corrected chi connectivity index (χ2v) is 6.14. The number of hydrogen-bond acceptors (Lipinski definition) is 4. The standard InChI is InChI=1S/C19H18N2O4/c22-18-5-2-8-21(18)11-13-3-1-4-14(9-13)19(23)20-15-6-7-16-17(10-15)25-12-24-16/h1,3-4,6-7,9-10H,2,5,8,11-12H2,(H,20,23). The van der Waals surface area contributed by atoms with Gasteiger partial charge in [0.2, 0.25) is 12.7 Å². The summed E-state index contributed by atoms with van der Waals surface area (Å²) in [7, 11) is 0. The smallest absolute Gasteiger partial charge is 0.255 e. The maximum Gasteiger partial charge on any atom is 0.255 e. The monoisotopic (exact) mass is 338 g/mol. The highest BCUT2D eigenvalue weighted by Crippen LogP contribution is 2.34. The summed E-state index contributed by atoms with van der Waals surface area (Å²) in [5.41, 5.74) is 2.16. The molecule has 2 aliphatic heterocycles. The number of nitrogens with one attached hydrogen (secondary N) is 1. The lowest BCUT2D eigenvalue weighted by atomic mass is 10.1. The molecule has 1 N–H and O–H groups in total. The molecule has 6 nitrogen and oxygen atoms in total. The molecule has 0 aromatic heterocycles. The van der Waals surface area contributed by atoms with Crippen LogP contribution in [-0.4, -0.2) is 30.1 Å². The van der Waals surface area contributed by atoms with Gasteiger partial charge >= 0.3 is 0 Å². The number of ether oxygens (including phenoxy) is 2. The quantitative estimate of drug-likeness (QED) is 0.931. The Bertz CT molecular complexity index is 834. The van der Waals surface area contributed by atoms with Crippen LogP contribution < -0.4 is 14.8 Å². The number of carbonyl (C=O) groups excluding carboxylic acids is 2. The van der Waals surface area contributed by atoms with E-state index in [1.807, 2.05) is 23.1 Å². The summed E-state index contributed by atoms with van der Waals surface area (Å²) in [6.45, 7) is 1.53. The van der Waals surface area contributed by atoms with Crippen LogP contribution in [-0.2, 0) is 11.3 Å². The minimum Gasteiger partial charge on any atom is -0.454 e. The van der Waals surface area contributed by atoms with Crippen molar-refractivity contribution < 1.29 is 19.1 Å². The first kappa shape index (κ1) is 15.5. The molecule has 4 rings (SSSR count). The van der Waals surface area contributed by atoms with Gasteiger partial charge < -0.3 is 19.7 Å². The largest absolute Gasteiger partial charge is 0.454 e. The van der Waals surface area contributed by atoms with Crippen LogP contribution >= 0.6 is 0 Å². The first-order valence-electron chi connectivity index (χ1n) is 8.27. The van der Waals surface area contributed by atoms with Crippen molar-refractivity contribution in [2.75, 3.05) is 18.7 Å². The number of rotatable bonds is 4. The second-order valence-electron chi connectivity index (χ2n) is 6.14. The van der Waals surface area contributed by atoms with Crippen molar-refractivity contribution in [2.24, 2.45) is 0 Å². The van der Waals surface area contributed by atoms with Gasteiger partial charge in [0.25, 0.3) is 5.91 Å². The molecule has 2 aromatic rings. The number of amides is 2. The van der Waals surface area contributed by atoms with Gasteiger partial charge in [-0.05, 0) is 36.2 Å². The van der Waals surface area contributed by atoms with E-state index in [2.05, 4.69) is 5.32 Å². The molecule has 0 atom stereocenters. The number of nitrogens with zero attached hydrogens (tertiary/aromatic N) is 1. The average molecular weight is 338 g/mol. The highest BCUT2D eigenvalue weighted by molar-refractivity contribution is 6.04. The average Bonchev–Trinajstić information content (AvgIpc) is 3.24. The van der Waals surface area contributed by atoms with Gasteiger partial charge in [0.1, 0.15) is 0 Å². The van der Waals surface area contributed by atoms with Gasteiger partial charge in [0.05, 0.1) is 0 Å². The van der Waals surface area contributed by atoms with Gasteiger partial charge in [-0.2, -0.15) is 0 Å². The molecule has 0 bridgehead atoms. The Balaban J connectivity index is 1.46. The van der Waals surface area contributed by atoms with Gasteiger partial charge in [-0.1, -0.05) is 12.1 Å². The van der Waals surface area contributed by atoms with E-state index >= 15 is 0 Å². The van der Waals surface area contributed by atoms with E-state index < -0.39 is 0 Å². The maximum absolute atomic E-state index is 12.5. The Morgan fingerprint density at radius 3 is 2.84 bits per heavy atom. The van der Waals surface area contributed by atoms with Crippen LogP contribution in [0.1, 0.15) is 28.8 Å². The van der Waals surface area contributed by atoms with Crippen molar-refractivity contribution >= 4 is 17.5 Å². The summed E-state index contributed by atoms with van der Waals surface area (Å²) in [4.78, 5) is 26.1. The zero-order chi connectivity index (χ0) is 17.2. The van der Waals surface area contributed by atoms with E-state index in [-0.39, 0.29) is 18.6 Å². The third kappa shape index (κ3) is 3.28. The number of likely N-dealkylation sites (tertiary alicyclic amines) is 1. The molecule has 2 amide bonds. The molecule has 0 saturated carbocycles. The van der Waals surface area contributed by atoms with E-state index in [1.54, 1.807) is 24.3 Å². The van der Waals surface area contributed by atoms with Crippen LogP contribution in [0.3, 0.4) is 0 Å². The molecule has 1 fully saturated rings. The third-order valence-corrected chi connectivity index (χ3v) is 4.36. The van der Waals surface area contributed by atoms with Crippen LogP contribution in [0.15, 0.2) is 42.5 Å². The molecule has 0 aliphatic carbocycles. The van der Waals surface area contributed by atoms with Crippen molar-refractivity contribution in [1.82, 2.24) is 4.90 Å². The Morgan fingerprint density at radius 1 is 1.12 bits per heavy atom. The molecule has 0 unspecified atom stereocenters. The summed E-state index contributed by atoms with van der Waals surface area (Å²) in [6.07, 6.45) is 1.52. The third-order valence-electron chi connectivity index (χ3n) is 4.36. The van der Waals surface area contributed by atoms with Crippen LogP contribution in [0.2, 0.25) is 0 Å². The predicted octanol–water partition coefficient (Wildman–Crippen LogP) is 2.79. The van der Waals surface area contributed by atoms with Crippen LogP contribution in [0.5, 0.6) is 11.5 Å². The van der Waals surface area contributed by atoms with Crippen LogP contribution in [0.25, 0.3) is 0 Å². The Labute approximate surface area is 145 Å². The zero-order valence-electron chi connectivity index (χ0n) is 13.7. The van der Waals surface area contributed by atoms with Gasteiger partial charge in [-0.15, -0.1) is 0 Å². The first-order valence-corrected chi connectivity index (χ1v) is 8.27. The van der Waals surface area contributed by atoms with Gasteiger partial charge in [-0.25, -0.2) is 0 Å². The predicted molar refractivity (Wildman–Crippen MR) is 91.6 cm³/mol. The Kier molecular flexibility index (Phi) is 4.01. The van der Waals surface area contributed by atoms with E-state index in [9.17, 15) is 9.59 Å². The van der Waals surface area contributed by atoms with E-state index in [1.165, 1.54) is 0 Å². The van der Waals surface area contributed by atoms with Gasteiger partial charge in [0, 0.05) is 36.8 Å². The highest BCUT2D eigenvalue weighted by atomic mass is 16.7. The van der Waals surface area contributed by atoms with Crippen molar-refractivity contribution in [1.29, 1.82) is 0 Å². The summed E-state index contributed by atoms with van der Waals surface area (Å²) < 4.78 is 10.6. The van der Waals surface area contributed by atoms with E-state index in [0.29, 0.717) is 35.7 Å². The topological polar surface area (TPSA) is 67.9 Å². The molecule has 2 heterocycles. The second kappa shape index (κ2) is 6.47. The summed E-state index contributed by atoms with van der Waals surface area (Å²) >= 11 is 0. The molecule has 1 saturated heterocycles. The Hall–Kier alpha value is -3.02. The fourth-order valence-corrected chi connectivity index (χ4v) is 3.08. The number of anilines is 1. The number of carbonyl (C=O) groups is 2. The van der Waals surface area contributed by atoms with Crippen molar-refractivity contribution in [2.45, 2.75) is 19.4 Å². The molecule has 25 heavy (non-hydrogen) atoms. The van der Waals surface area contributed by atoms with Crippen LogP contribution in [0, 0.1) is 0 Å². The fourth-order valence-electron chi connectivity index (χ4n) is 3.08. The molecule has 128 valence electrons. The lowest BCUT2D eigenvalue weighted by molar-refractivity contribution is -0.128. The molecule has 6 heteroatoms. The minimum absolute atomic E-state index is 0.176. The van der Waals surface area contributed by atoms with Gasteiger partial charge in [0.15, 0.2) is 11.5 Å². The molecule has 0 spiro atoms. The molecule has 0 radical (unpaired) electrons. The Morgan fingerprint density at radius 2 is 2.00 bits per heavy atom. The van der Waals surface area contributed by atoms with Crippen molar-refractivity contribution in [3.8, 4) is 11.5 Å². The summed E-state index contributed by atoms with van der Waals surface area (Å²) in [5, 5.41) is 2.86. The van der Waals surface area contributed by atoms with Crippen molar-refractivity contribution in [3.05, 3.63) is 53.6 Å². The fraction of sp³-hybridized carbons (Fsp3) is 0.263. The normalized spacial score (nSPS) is 15.5. The van der Waals surface area contributed by atoms with E-state index in [0.717, 1.165) is 18.5 Å². The molecule has 2 aliphatic rings. The van der Waals surface area contributed by atoms with E-state index in [4.69, 9.17) is 9.47 Å². The highest BCUT2D eigenvalue weighted by Gasteiger charge is 2.20. The lowest BCUT2D eigenvalue weighted by Gasteiger charge is -2.16. The molecule has 2 aromatic carbocycles. The summed E-state index contributed by atoms with van der Waals surface area (Å²) in [6, 6.07) is 12.7. The minimum atomic E-state index is -0.200. The number of hydrogen-bond donors (Lipinski definition) is 1. The first-order chi connectivity index (χ1) is 12.2. The number of benzene rings is 2. The van der Waals surface area contributed by atoms with Crippen LogP contribution in [0.4, 0.5) is 5.69 Å². The van der Waals surface area contributed by atoms with Crippen molar-refractivity contribution in [3.63, 3.8) is 0 Å². The maximum atomic E-state index is 12.5. The SMILES string of the molecule is O=C(Nc1ccc2c(c1)OCO2)c1cccc(CN2CCCC2=O)c1. The molecular weight excluding hydrogens is 320 g/mol. The lowest BCUT2D eigenvalue weighted by Crippen LogP contribution is -2.24. The van der Waals surface area contributed by atoms with Gasteiger partial charge in [-0.3, -0.25) is 9.59 Å². The summed E-state index contributed by atoms with van der Waals surface area (Å²) in [5.74, 6) is 1.28. The zero-order valence-corrected chi connectivity index (χ0v) is 13.7. The molecular formula is C19H18N2O4.